The minimum atomic E-state index is 0.619. The lowest BCUT2D eigenvalue weighted by Crippen LogP contribution is -1.97. The predicted octanol–water partition coefficient (Wildman–Crippen LogP) is 9.06. The van der Waals surface area contributed by atoms with Crippen molar-refractivity contribution < 1.29 is 9.59 Å². The van der Waals surface area contributed by atoms with Crippen LogP contribution in [0.3, 0.4) is 0 Å². The van der Waals surface area contributed by atoms with Gasteiger partial charge < -0.3 is 0 Å². The van der Waals surface area contributed by atoms with Crippen molar-refractivity contribution in [3.8, 4) is 22.3 Å². The number of aryl methyl sites for hydroxylation is 1. The summed E-state index contributed by atoms with van der Waals surface area (Å²) in [5.41, 5.74) is 8.44. The predicted molar refractivity (Wildman–Crippen MR) is 158 cm³/mol. The smallest absolute Gasteiger partial charge is 0.150 e. The van der Waals surface area contributed by atoms with Crippen molar-refractivity contribution in [2.75, 3.05) is 0 Å². The Balaban J connectivity index is 1.66. The average Bonchev–Trinajstić information content (AvgIpc) is 2.99. The highest BCUT2D eigenvalue weighted by atomic mass is 16.1. The van der Waals surface area contributed by atoms with E-state index in [9.17, 15) is 9.59 Å². The molecular weight excluding hydrogens is 464 g/mol. The van der Waals surface area contributed by atoms with Crippen molar-refractivity contribution in [2.24, 2.45) is 0 Å². The number of aldehydes is 2. The fourth-order valence-corrected chi connectivity index (χ4v) is 5.96. The molecule has 0 atom stereocenters. The van der Waals surface area contributed by atoms with Gasteiger partial charge in [0.25, 0.3) is 0 Å². The molecule has 0 saturated heterocycles. The fourth-order valence-electron chi connectivity index (χ4n) is 5.96. The van der Waals surface area contributed by atoms with Crippen molar-refractivity contribution in [3.05, 3.63) is 125 Å². The second-order valence-corrected chi connectivity index (χ2v) is 10.0. The molecule has 0 unspecified atom stereocenters. The molecule has 6 aromatic rings. The van der Waals surface area contributed by atoms with E-state index in [1.807, 2.05) is 24.3 Å². The molecule has 7 rings (SSSR count). The lowest BCUT2D eigenvalue weighted by atomic mass is 9.82. The number of carbonyl (C=O) groups excluding carboxylic acids is 2. The van der Waals surface area contributed by atoms with Gasteiger partial charge in [0.15, 0.2) is 0 Å². The summed E-state index contributed by atoms with van der Waals surface area (Å²) in [6, 6.07) is 33.6. The van der Waals surface area contributed by atoms with E-state index in [1.165, 1.54) is 21.9 Å². The minimum absolute atomic E-state index is 0.619. The van der Waals surface area contributed by atoms with Gasteiger partial charge in [-0.05, 0) is 96.7 Å². The van der Waals surface area contributed by atoms with Gasteiger partial charge >= 0.3 is 0 Å². The van der Waals surface area contributed by atoms with Crippen LogP contribution in [0.1, 0.15) is 38.3 Å². The van der Waals surface area contributed by atoms with Gasteiger partial charge in [0.05, 0.1) is 0 Å². The quantitative estimate of drug-likeness (QED) is 0.183. The van der Waals surface area contributed by atoms with Crippen LogP contribution in [-0.2, 0) is 6.42 Å². The number of benzene rings is 6. The SMILES string of the molecule is O=Cc1ccc2c(-c3ccc4c(c3)CCC=C4)c(-c3ccc4ccccc4c3)c3ccc(C=O)cc3c2c1. The fraction of sp³-hybridized carbons (Fsp3) is 0.0556. The third kappa shape index (κ3) is 3.57. The molecule has 0 radical (unpaired) electrons. The maximum atomic E-state index is 11.8. The lowest BCUT2D eigenvalue weighted by molar-refractivity contribution is 0.111. The van der Waals surface area contributed by atoms with Gasteiger partial charge in [0, 0.05) is 11.1 Å². The Labute approximate surface area is 220 Å². The standard InChI is InChI=1S/C36H24O2/c37-21-23-9-15-31-33(17-23)34-18-24(22-38)10-16-32(34)36(30-14-12-26-6-2-4-8-28(26)20-30)35(31)29-13-11-25-5-1-3-7-27(25)19-29/h1-3,5-7,9-22H,4,8H2. The van der Waals surface area contributed by atoms with Crippen molar-refractivity contribution >= 4 is 51.0 Å². The summed E-state index contributed by atoms with van der Waals surface area (Å²) in [5, 5.41) is 6.46. The average molecular weight is 489 g/mol. The Hall–Kier alpha value is -4.82. The van der Waals surface area contributed by atoms with Crippen molar-refractivity contribution in [1.29, 1.82) is 0 Å². The van der Waals surface area contributed by atoms with Crippen LogP contribution in [0, 0.1) is 0 Å². The highest BCUT2D eigenvalue weighted by molar-refractivity contribution is 6.23. The lowest BCUT2D eigenvalue weighted by Gasteiger charge is -2.21. The Morgan fingerprint density at radius 2 is 1.18 bits per heavy atom. The molecule has 0 N–H and O–H groups in total. The maximum absolute atomic E-state index is 11.8. The minimum Gasteiger partial charge on any atom is -0.298 e. The Morgan fingerprint density at radius 1 is 0.553 bits per heavy atom. The highest BCUT2D eigenvalue weighted by Gasteiger charge is 2.20. The topological polar surface area (TPSA) is 34.1 Å². The molecule has 38 heavy (non-hydrogen) atoms. The molecule has 0 spiro atoms. The first kappa shape index (κ1) is 22.4. The molecule has 2 heteroatoms. The Morgan fingerprint density at radius 3 is 1.87 bits per heavy atom. The van der Waals surface area contributed by atoms with Gasteiger partial charge in [-0.15, -0.1) is 0 Å². The van der Waals surface area contributed by atoms with E-state index < -0.39 is 0 Å². The zero-order valence-electron chi connectivity index (χ0n) is 20.8. The first-order valence-electron chi connectivity index (χ1n) is 13.0. The van der Waals surface area contributed by atoms with E-state index in [2.05, 4.69) is 84.9 Å². The van der Waals surface area contributed by atoms with Crippen LogP contribution in [0.4, 0.5) is 0 Å². The van der Waals surface area contributed by atoms with E-state index in [-0.39, 0.29) is 0 Å². The van der Waals surface area contributed by atoms with Crippen LogP contribution in [0.15, 0.2) is 103 Å². The van der Waals surface area contributed by atoms with E-state index in [0.29, 0.717) is 11.1 Å². The zero-order valence-corrected chi connectivity index (χ0v) is 20.8. The van der Waals surface area contributed by atoms with Gasteiger partial charge in [-0.1, -0.05) is 91.0 Å². The molecule has 0 heterocycles. The molecular formula is C36H24O2. The zero-order chi connectivity index (χ0) is 25.6. The number of hydrogen-bond donors (Lipinski definition) is 0. The highest BCUT2D eigenvalue weighted by Crippen LogP contribution is 2.46. The summed E-state index contributed by atoms with van der Waals surface area (Å²) in [7, 11) is 0. The van der Waals surface area contributed by atoms with E-state index in [4.69, 9.17) is 0 Å². The van der Waals surface area contributed by atoms with Gasteiger partial charge in [-0.25, -0.2) is 0 Å². The summed E-state index contributed by atoms with van der Waals surface area (Å²) >= 11 is 0. The van der Waals surface area contributed by atoms with Crippen LogP contribution in [0.25, 0.3) is 60.6 Å². The van der Waals surface area contributed by atoms with Crippen LogP contribution in [0.2, 0.25) is 0 Å². The molecule has 1 aliphatic carbocycles. The number of rotatable bonds is 4. The molecule has 1 aliphatic rings. The number of allylic oxidation sites excluding steroid dienone is 1. The number of hydrogen-bond acceptors (Lipinski definition) is 2. The number of fused-ring (bicyclic) bond motifs is 5. The van der Waals surface area contributed by atoms with E-state index in [0.717, 1.165) is 69.2 Å². The second-order valence-electron chi connectivity index (χ2n) is 10.0. The third-order valence-electron chi connectivity index (χ3n) is 7.79. The van der Waals surface area contributed by atoms with Gasteiger partial charge in [-0.2, -0.15) is 0 Å². The molecule has 180 valence electrons. The monoisotopic (exact) mass is 488 g/mol. The molecule has 0 saturated carbocycles. The van der Waals surface area contributed by atoms with Gasteiger partial charge in [0.1, 0.15) is 12.6 Å². The van der Waals surface area contributed by atoms with Crippen LogP contribution in [0.5, 0.6) is 0 Å². The first-order chi connectivity index (χ1) is 18.7. The summed E-state index contributed by atoms with van der Waals surface area (Å²) < 4.78 is 0. The Bertz CT molecular complexity index is 1960. The second kappa shape index (κ2) is 8.93. The summed E-state index contributed by atoms with van der Waals surface area (Å²) in [4.78, 5) is 23.5. The van der Waals surface area contributed by atoms with Gasteiger partial charge in [0.2, 0.25) is 0 Å². The van der Waals surface area contributed by atoms with E-state index in [1.54, 1.807) is 0 Å². The molecule has 0 amide bonds. The summed E-state index contributed by atoms with van der Waals surface area (Å²) in [6.07, 6.45) is 8.28. The van der Waals surface area contributed by atoms with E-state index >= 15 is 0 Å². The largest absolute Gasteiger partial charge is 0.298 e. The molecule has 0 bridgehead atoms. The summed E-state index contributed by atoms with van der Waals surface area (Å²) in [5.74, 6) is 0. The maximum Gasteiger partial charge on any atom is 0.150 e. The molecule has 0 aromatic heterocycles. The van der Waals surface area contributed by atoms with Crippen LogP contribution < -0.4 is 0 Å². The molecule has 0 fully saturated rings. The normalized spacial score (nSPS) is 12.6. The molecule has 0 aliphatic heterocycles. The Kier molecular flexibility index (Phi) is 5.26. The van der Waals surface area contributed by atoms with Crippen molar-refractivity contribution in [3.63, 3.8) is 0 Å². The van der Waals surface area contributed by atoms with Gasteiger partial charge in [-0.3, -0.25) is 9.59 Å². The van der Waals surface area contributed by atoms with Crippen molar-refractivity contribution in [1.82, 2.24) is 0 Å². The van der Waals surface area contributed by atoms with Crippen LogP contribution >= 0.6 is 0 Å². The summed E-state index contributed by atoms with van der Waals surface area (Å²) in [6.45, 7) is 0. The first-order valence-corrected chi connectivity index (χ1v) is 13.0. The number of carbonyl (C=O) groups is 2. The molecule has 6 aromatic carbocycles. The van der Waals surface area contributed by atoms with Crippen LogP contribution in [-0.4, -0.2) is 12.6 Å². The third-order valence-corrected chi connectivity index (χ3v) is 7.79. The molecule has 2 nitrogen and oxygen atoms in total. The van der Waals surface area contributed by atoms with Crippen molar-refractivity contribution in [2.45, 2.75) is 12.8 Å².